The summed E-state index contributed by atoms with van der Waals surface area (Å²) in [7, 11) is 1.87. The van der Waals surface area contributed by atoms with Crippen molar-refractivity contribution in [3.05, 3.63) is 35.9 Å². The maximum Gasteiger partial charge on any atom is 0.222 e. The summed E-state index contributed by atoms with van der Waals surface area (Å²) in [5.41, 5.74) is 0.501. The molecule has 2 atom stereocenters. The van der Waals surface area contributed by atoms with Crippen molar-refractivity contribution >= 4 is 5.84 Å². The molecule has 3 rings (SSSR count). The number of unbranched alkanes of at least 4 members (excludes halogenated alkanes) is 1. The molecular weight excluding hydrogens is 350 g/mol. The van der Waals surface area contributed by atoms with Gasteiger partial charge in [-0.2, -0.15) is 0 Å². The molecule has 0 saturated carbocycles. The Hall–Kier alpha value is -1.59. The number of benzene rings is 1. The van der Waals surface area contributed by atoms with Crippen molar-refractivity contribution in [1.29, 1.82) is 0 Å². The van der Waals surface area contributed by atoms with Crippen LogP contribution in [-0.4, -0.2) is 46.9 Å². The number of oxime groups is 1. The van der Waals surface area contributed by atoms with E-state index in [1.807, 2.05) is 13.2 Å². The first-order valence-electron chi connectivity index (χ1n) is 11.0. The summed E-state index contributed by atoms with van der Waals surface area (Å²) in [6, 6.07) is 10.7. The Labute approximate surface area is 170 Å². The number of hydrogen-bond donors (Lipinski definition) is 0. The van der Waals surface area contributed by atoms with Gasteiger partial charge < -0.3 is 9.57 Å². The highest BCUT2D eigenvalue weighted by molar-refractivity contribution is 5.99. The molecule has 1 aromatic rings. The lowest BCUT2D eigenvalue weighted by Gasteiger charge is -2.48. The molecule has 156 valence electrons. The van der Waals surface area contributed by atoms with Gasteiger partial charge in [0.25, 0.3) is 0 Å². The molecule has 0 N–H and O–H groups in total. The van der Waals surface area contributed by atoms with Gasteiger partial charge in [0.05, 0.1) is 11.6 Å². The van der Waals surface area contributed by atoms with Gasteiger partial charge in [-0.05, 0) is 39.0 Å². The summed E-state index contributed by atoms with van der Waals surface area (Å²) in [6.07, 6.45) is 7.50. The van der Waals surface area contributed by atoms with E-state index in [-0.39, 0.29) is 5.60 Å². The molecule has 1 saturated heterocycles. The Balaban J connectivity index is 2.00. The molecule has 0 amide bonds. The Bertz CT molecular complexity index is 651. The van der Waals surface area contributed by atoms with Crippen LogP contribution in [0.3, 0.4) is 0 Å². The zero-order valence-electron chi connectivity index (χ0n) is 18.3. The highest BCUT2D eigenvalue weighted by atomic mass is 16.7. The predicted octanol–water partition coefficient (Wildman–Crippen LogP) is 5.17. The molecule has 1 aromatic carbocycles. The average Bonchev–Trinajstić information content (AvgIpc) is 3.34. The van der Waals surface area contributed by atoms with Gasteiger partial charge in [0.2, 0.25) is 5.72 Å². The summed E-state index contributed by atoms with van der Waals surface area (Å²) < 4.78 is 6.15. The van der Waals surface area contributed by atoms with E-state index in [9.17, 15) is 0 Å². The normalized spacial score (nSPS) is 25.8. The van der Waals surface area contributed by atoms with Gasteiger partial charge in [-0.25, -0.2) is 10.0 Å². The van der Waals surface area contributed by atoms with Crippen LogP contribution in [0.1, 0.15) is 78.2 Å². The van der Waals surface area contributed by atoms with Crippen LogP contribution in [0, 0.1) is 0 Å². The van der Waals surface area contributed by atoms with Gasteiger partial charge in [-0.15, -0.1) is 0 Å². The standard InChI is InChI=1S/C23H37N3O2/c1-6-9-17-22(4)26(21(24-28-22)19-14-11-10-12-15-19)25-18-13-16-20(25)23(7-2,8-3)27-5/h10-12,14-15,20H,6-9,13,16-18H2,1-5H3/t20-,22-/m0/s1. The van der Waals surface area contributed by atoms with Crippen molar-refractivity contribution < 1.29 is 9.57 Å². The highest BCUT2D eigenvalue weighted by Crippen LogP contribution is 2.41. The molecule has 5 heteroatoms. The van der Waals surface area contributed by atoms with Crippen molar-refractivity contribution in [2.45, 2.75) is 90.0 Å². The van der Waals surface area contributed by atoms with Crippen LogP contribution in [0.15, 0.2) is 35.5 Å². The summed E-state index contributed by atoms with van der Waals surface area (Å²) in [4.78, 5) is 6.13. The summed E-state index contributed by atoms with van der Waals surface area (Å²) in [5.74, 6) is 0.920. The average molecular weight is 388 g/mol. The maximum absolute atomic E-state index is 6.15. The monoisotopic (exact) mass is 387 g/mol. The van der Waals surface area contributed by atoms with Crippen LogP contribution < -0.4 is 0 Å². The molecule has 2 aliphatic rings. The molecule has 28 heavy (non-hydrogen) atoms. The molecule has 0 aliphatic carbocycles. The van der Waals surface area contributed by atoms with Gasteiger partial charge in [0, 0.05) is 25.6 Å². The minimum absolute atomic E-state index is 0.146. The van der Waals surface area contributed by atoms with Gasteiger partial charge in [-0.1, -0.05) is 62.7 Å². The van der Waals surface area contributed by atoms with Crippen LogP contribution >= 0.6 is 0 Å². The first kappa shape index (κ1) is 21.1. The second kappa shape index (κ2) is 8.83. The third-order valence-corrected chi connectivity index (χ3v) is 6.70. The molecule has 5 nitrogen and oxygen atoms in total. The molecule has 1 fully saturated rings. The molecule has 0 unspecified atom stereocenters. The van der Waals surface area contributed by atoms with Crippen molar-refractivity contribution in [3.8, 4) is 0 Å². The van der Waals surface area contributed by atoms with Crippen molar-refractivity contribution in [2.24, 2.45) is 5.16 Å². The molecule has 0 bridgehead atoms. The van der Waals surface area contributed by atoms with Crippen molar-refractivity contribution in [3.63, 3.8) is 0 Å². The SMILES string of the molecule is CCCC[C@]1(C)ON=C(c2ccccc2)N1N1CCC[C@H]1C(CC)(CC)OC. The van der Waals surface area contributed by atoms with Crippen molar-refractivity contribution in [2.75, 3.05) is 13.7 Å². The summed E-state index contributed by atoms with van der Waals surface area (Å²) in [6.45, 7) is 9.90. The quantitative estimate of drug-likeness (QED) is 0.586. The second-order valence-electron chi connectivity index (χ2n) is 8.26. The fourth-order valence-electron chi connectivity index (χ4n) is 4.93. The van der Waals surface area contributed by atoms with Gasteiger partial charge >= 0.3 is 0 Å². The Kier molecular flexibility index (Phi) is 6.66. The minimum atomic E-state index is -0.454. The number of nitrogens with zero attached hydrogens (tertiary/aromatic N) is 3. The van der Waals surface area contributed by atoms with Gasteiger partial charge in [0.1, 0.15) is 0 Å². The molecule has 0 aromatic heterocycles. The van der Waals surface area contributed by atoms with Crippen LogP contribution in [0.4, 0.5) is 0 Å². The van der Waals surface area contributed by atoms with E-state index in [2.05, 4.69) is 67.1 Å². The maximum atomic E-state index is 6.15. The smallest absolute Gasteiger partial charge is 0.222 e. The number of hydrogen-bond acceptors (Lipinski definition) is 5. The summed E-state index contributed by atoms with van der Waals surface area (Å²) >= 11 is 0. The van der Waals surface area contributed by atoms with Crippen molar-refractivity contribution in [1.82, 2.24) is 10.0 Å². The highest BCUT2D eigenvalue weighted by Gasteiger charge is 2.52. The van der Waals surface area contributed by atoms with E-state index in [0.29, 0.717) is 6.04 Å². The Morgan fingerprint density at radius 1 is 1.21 bits per heavy atom. The number of rotatable bonds is 9. The Morgan fingerprint density at radius 3 is 2.54 bits per heavy atom. The summed E-state index contributed by atoms with van der Waals surface area (Å²) in [5, 5.41) is 9.45. The van der Waals surface area contributed by atoms with E-state index in [0.717, 1.165) is 62.9 Å². The largest absolute Gasteiger partial charge is 0.377 e. The number of ether oxygens (including phenoxy) is 1. The van der Waals surface area contributed by atoms with Crippen LogP contribution in [0.2, 0.25) is 0 Å². The van der Waals surface area contributed by atoms with E-state index < -0.39 is 5.72 Å². The minimum Gasteiger partial charge on any atom is -0.377 e. The van der Waals surface area contributed by atoms with Gasteiger partial charge in [-0.3, -0.25) is 0 Å². The first-order chi connectivity index (χ1) is 13.5. The lowest BCUT2D eigenvalue weighted by molar-refractivity contribution is -0.199. The third-order valence-electron chi connectivity index (χ3n) is 6.70. The lowest BCUT2D eigenvalue weighted by atomic mass is 9.87. The zero-order valence-corrected chi connectivity index (χ0v) is 18.3. The van der Waals surface area contributed by atoms with Gasteiger partial charge in [0.15, 0.2) is 5.84 Å². The third kappa shape index (κ3) is 3.67. The molecule has 2 heterocycles. The second-order valence-corrected chi connectivity index (χ2v) is 8.26. The molecular formula is C23H37N3O2. The number of amidine groups is 1. The first-order valence-corrected chi connectivity index (χ1v) is 11.0. The molecule has 0 radical (unpaired) electrons. The predicted molar refractivity (Wildman–Crippen MR) is 114 cm³/mol. The molecule has 0 spiro atoms. The van der Waals surface area contributed by atoms with Crippen LogP contribution in [0.25, 0.3) is 0 Å². The molecule has 2 aliphatic heterocycles. The Morgan fingerprint density at radius 2 is 1.93 bits per heavy atom. The van der Waals surface area contributed by atoms with E-state index >= 15 is 0 Å². The lowest BCUT2D eigenvalue weighted by Crippen LogP contribution is -2.62. The zero-order chi connectivity index (χ0) is 20.2. The number of methoxy groups -OCH3 is 1. The fourth-order valence-corrected chi connectivity index (χ4v) is 4.93. The number of hydrazine groups is 1. The van der Waals surface area contributed by atoms with E-state index in [1.165, 1.54) is 0 Å². The van der Waals surface area contributed by atoms with E-state index in [4.69, 9.17) is 9.57 Å². The van der Waals surface area contributed by atoms with E-state index in [1.54, 1.807) is 0 Å². The topological polar surface area (TPSA) is 37.3 Å². The van der Waals surface area contributed by atoms with Crippen LogP contribution in [0.5, 0.6) is 0 Å². The fraction of sp³-hybridized carbons (Fsp3) is 0.696. The van der Waals surface area contributed by atoms with Crippen LogP contribution in [-0.2, 0) is 9.57 Å².